The van der Waals surface area contributed by atoms with E-state index in [2.05, 4.69) is 12.7 Å². The first-order valence-electron chi connectivity index (χ1n) is 9.64. The summed E-state index contributed by atoms with van der Waals surface area (Å²) in [7, 11) is 0. The third-order valence-corrected chi connectivity index (χ3v) is 6.12. The lowest BCUT2D eigenvalue weighted by atomic mass is 9.69. The molecule has 24 heavy (non-hydrogen) atoms. The highest BCUT2D eigenvalue weighted by molar-refractivity contribution is 5.75. The van der Waals surface area contributed by atoms with Crippen molar-refractivity contribution in [3.8, 4) is 5.75 Å². The minimum atomic E-state index is -0.0330. The number of hydrogen-bond acceptors (Lipinski definition) is 2. The van der Waals surface area contributed by atoms with E-state index < -0.39 is 0 Å². The molecule has 0 saturated heterocycles. The zero-order valence-electron chi connectivity index (χ0n) is 14.7. The first-order valence-corrected chi connectivity index (χ1v) is 9.64. The highest BCUT2D eigenvalue weighted by atomic mass is 16.5. The Morgan fingerprint density at radius 2 is 1.54 bits per heavy atom. The van der Waals surface area contributed by atoms with Gasteiger partial charge in [-0.3, -0.25) is 4.79 Å². The van der Waals surface area contributed by atoms with Crippen LogP contribution in [0.25, 0.3) is 0 Å². The van der Waals surface area contributed by atoms with Crippen LogP contribution in [0.1, 0.15) is 57.8 Å². The Labute approximate surface area is 146 Å². The average Bonchev–Trinajstić information content (AvgIpc) is 2.64. The van der Waals surface area contributed by atoms with Crippen molar-refractivity contribution in [2.24, 2.45) is 23.7 Å². The first kappa shape index (κ1) is 17.3. The molecule has 1 aromatic carbocycles. The second-order valence-electron chi connectivity index (χ2n) is 7.65. The van der Waals surface area contributed by atoms with E-state index in [9.17, 15) is 4.79 Å². The van der Waals surface area contributed by atoms with Crippen LogP contribution >= 0.6 is 0 Å². The number of rotatable bonds is 5. The molecule has 0 spiro atoms. The molecule has 0 amide bonds. The van der Waals surface area contributed by atoms with Gasteiger partial charge in [0.15, 0.2) is 0 Å². The van der Waals surface area contributed by atoms with Gasteiger partial charge < -0.3 is 4.74 Å². The Morgan fingerprint density at radius 3 is 2.12 bits per heavy atom. The Kier molecular flexibility index (Phi) is 6.12. The molecule has 0 atom stereocenters. The molecular formula is C22H30O2. The standard InChI is InChI=1S/C22H30O2/c1-2-6-17-9-11-18(12-10-17)19-13-15-20(16-14-19)22(23)24-21-7-4-3-5-8-21/h2-5,7-8,17-20H,1,6,9-16H2. The average molecular weight is 326 g/mol. The summed E-state index contributed by atoms with van der Waals surface area (Å²) in [6, 6.07) is 9.45. The fraction of sp³-hybridized carbons (Fsp3) is 0.591. The summed E-state index contributed by atoms with van der Waals surface area (Å²) in [5, 5.41) is 0. The Morgan fingerprint density at radius 1 is 0.958 bits per heavy atom. The summed E-state index contributed by atoms with van der Waals surface area (Å²) in [5.74, 6) is 3.32. The zero-order chi connectivity index (χ0) is 16.8. The van der Waals surface area contributed by atoms with E-state index in [0.717, 1.165) is 30.6 Å². The predicted octanol–water partition coefficient (Wildman–Crippen LogP) is 5.78. The molecule has 2 aliphatic carbocycles. The summed E-state index contributed by atoms with van der Waals surface area (Å²) >= 11 is 0. The largest absolute Gasteiger partial charge is 0.426 e. The molecular weight excluding hydrogens is 296 g/mol. The van der Waals surface area contributed by atoms with E-state index in [1.807, 2.05) is 30.3 Å². The normalized spacial score (nSPS) is 30.5. The van der Waals surface area contributed by atoms with Gasteiger partial charge in [-0.2, -0.15) is 0 Å². The Balaban J connectivity index is 1.42. The molecule has 1 aromatic rings. The topological polar surface area (TPSA) is 26.3 Å². The SMILES string of the molecule is C=CCC1CCC(C2CCC(C(=O)Oc3ccccc3)CC2)CC1. The van der Waals surface area contributed by atoms with Crippen LogP contribution in [-0.4, -0.2) is 5.97 Å². The number of hydrogen-bond donors (Lipinski definition) is 0. The van der Waals surface area contributed by atoms with Gasteiger partial charge in [0.2, 0.25) is 0 Å². The summed E-state index contributed by atoms with van der Waals surface area (Å²) in [4.78, 5) is 12.3. The number of esters is 1. The fourth-order valence-corrected chi connectivity index (χ4v) is 4.65. The van der Waals surface area contributed by atoms with Crippen molar-refractivity contribution in [1.29, 1.82) is 0 Å². The molecule has 2 nitrogen and oxygen atoms in total. The third-order valence-electron chi connectivity index (χ3n) is 6.12. The molecule has 0 radical (unpaired) electrons. The Hall–Kier alpha value is -1.57. The second kappa shape index (κ2) is 8.50. The van der Waals surface area contributed by atoms with Crippen molar-refractivity contribution >= 4 is 5.97 Å². The van der Waals surface area contributed by atoms with Crippen molar-refractivity contribution < 1.29 is 9.53 Å². The van der Waals surface area contributed by atoms with Crippen LogP contribution in [0.3, 0.4) is 0 Å². The van der Waals surface area contributed by atoms with Gasteiger partial charge in [0, 0.05) is 0 Å². The molecule has 0 aromatic heterocycles. The number of allylic oxidation sites excluding steroid dienone is 1. The first-order chi connectivity index (χ1) is 11.8. The number of ether oxygens (including phenoxy) is 1. The summed E-state index contributed by atoms with van der Waals surface area (Å²) < 4.78 is 5.53. The molecule has 2 saturated carbocycles. The molecule has 2 fully saturated rings. The van der Waals surface area contributed by atoms with E-state index >= 15 is 0 Å². The van der Waals surface area contributed by atoms with Crippen LogP contribution in [-0.2, 0) is 4.79 Å². The van der Waals surface area contributed by atoms with Crippen LogP contribution in [0.15, 0.2) is 43.0 Å². The lowest BCUT2D eigenvalue weighted by Gasteiger charge is -2.37. The van der Waals surface area contributed by atoms with Gasteiger partial charge in [-0.25, -0.2) is 0 Å². The minimum Gasteiger partial charge on any atom is -0.426 e. The molecule has 130 valence electrons. The van der Waals surface area contributed by atoms with Gasteiger partial charge in [-0.15, -0.1) is 6.58 Å². The van der Waals surface area contributed by atoms with Crippen LogP contribution < -0.4 is 4.74 Å². The third kappa shape index (κ3) is 4.49. The van der Waals surface area contributed by atoms with Gasteiger partial charge in [-0.1, -0.05) is 24.3 Å². The summed E-state index contributed by atoms with van der Waals surface area (Å²) in [5.41, 5.74) is 0. The minimum absolute atomic E-state index is 0.0330. The molecule has 3 rings (SSSR count). The molecule has 0 aliphatic heterocycles. The summed E-state index contributed by atoms with van der Waals surface area (Å²) in [6.45, 7) is 3.87. The van der Waals surface area contributed by atoms with Gasteiger partial charge in [-0.05, 0) is 87.7 Å². The molecule has 0 unspecified atom stereocenters. The number of benzene rings is 1. The number of para-hydroxylation sites is 1. The molecule has 2 aliphatic rings. The highest BCUT2D eigenvalue weighted by Gasteiger charge is 2.33. The lowest BCUT2D eigenvalue weighted by Crippen LogP contribution is -2.30. The van der Waals surface area contributed by atoms with Gasteiger partial charge in [0.25, 0.3) is 0 Å². The van der Waals surface area contributed by atoms with Crippen molar-refractivity contribution in [2.75, 3.05) is 0 Å². The van der Waals surface area contributed by atoms with Crippen LogP contribution in [0.5, 0.6) is 5.75 Å². The lowest BCUT2D eigenvalue weighted by molar-refractivity contribution is -0.140. The molecule has 0 N–H and O–H groups in total. The maximum absolute atomic E-state index is 12.3. The smallest absolute Gasteiger partial charge is 0.314 e. The fourth-order valence-electron chi connectivity index (χ4n) is 4.65. The van der Waals surface area contributed by atoms with Crippen molar-refractivity contribution in [3.05, 3.63) is 43.0 Å². The van der Waals surface area contributed by atoms with Crippen LogP contribution in [0.4, 0.5) is 0 Å². The van der Waals surface area contributed by atoms with Gasteiger partial charge in [0.1, 0.15) is 5.75 Å². The zero-order valence-corrected chi connectivity index (χ0v) is 14.7. The van der Waals surface area contributed by atoms with E-state index in [0.29, 0.717) is 5.75 Å². The maximum Gasteiger partial charge on any atom is 0.314 e. The van der Waals surface area contributed by atoms with E-state index in [4.69, 9.17) is 4.74 Å². The molecule has 2 heteroatoms. The monoisotopic (exact) mass is 326 g/mol. The van der Waals surface area contributed by atoms with Crippen molar-refractivity contribution in [2.45, 2.75) is 57.8 Å². The van der Waals surface area contributed by atoms with Crippen LogP contribution in [0.2, 0.25) is 0 Å². The Bertz CT molecular complexity index is 520. The highest BCUT2D eigenvalue weighted by Crippen LogP contribution is 2.42. The van der Waals surface area contributed by atoms with E-state index in [-0.39, 0.29) is 11.9 Å². The van der Waals surface area contributed by atoms with Gasteiger partial charge >= 0.3 is 5.97 Å². The summed E-state index contributed by atoms with van der Waals surface area (Å²) in [6.07, 6.45) is 13.2. The second-order valence-corrected chi connectivity index (χ2v) is 7.65. The molecule has 0 heterocycles. The van der Waals surface area contributed by atoms with Gasteiger partial charge in [0.05, 0.1) is 5.92 Å². The molecule has 0 bridgehead atoms. The number of carbonyl (C=O) groups is 1. The number of carbonyl (C=O) groups excluding carboxylic acids is 1. The van der Waals surface area contributed by atoms with Crippen molar-refractivity contribution in [1.82, 2.24) is 0 Å². The quantitative estimate of drug-likeness (QED) is 0.389. The maximum atomic E-state index is 12.3. The van der Waals surface area contributed by atoms with E-state index in [1.165, 1.54) is 44.9 Å². The predicted molar refractivity (Wildman–Crippen MR) is 97.8 cm³/mol. The van der Waals surface area contributed by atoms with E-state index in [1.54, 1.807) is 0 Å². The van der Waals surface area contributed by atoms with Crippen molar-refractivity contribution in [3.63, 3.8) is 0 Å². The van der Waals surface area contributed by atoms with Crippen LogP contribution in [0, 0.1) is 23.7 Å².